The molecule has 5 heteroatoms. The molecule has 0 aliphatic rings. The summed E-state index contributed by atoms with van der Waals surface area (Å²) in [5.74, 6) is 1.72. The van der Waals surface area contributed by atoms with Gasteiger partial charge in [0.05, 0.1) is 0 Å². The van der Waals surface area contributed by atoms with E-state index in [0.29, 0.717) is 17.5 Å². The minimum absolute atomic E-state index is 0.567. The summed E-state index contributed by atoms with van der Waals surface area (Å²) < 4.78 is 12.7. The molecule has 5 nitrogen and oxygen atoms in total. The predicted molar refractivity (Wildman–Crippen MR) is 229 cm³/mol. The van der Waals surface area contributed by atoms with Gasteiger partial charge in [-0.25, -0.2) is 15.0 Å². The van der Waals surface area contributed by atoms with Crippen LogP contribution >= 0.6 is 0 Å². The van der Waals surface area contributed by atoms with Gasteiger partial charge in [-0.05, 0) is 67.7 Å². The summed E-state index contributed by atoms with van der Waals surface area (Å²) in [6, 6.07) is 61.0. The van der Waals surface area contributed by atoms with Crippen LogP contribution in [-0.2, 0) is 0 Å². The molecule has 0 aliphatic heterocycles. The van der Waals surface area contributed by atoms with Gasteiger partial charge in [-0.3, -0.25) is 0 Å². The number of para-hydroxylation sites is 2. The number of aromatic nitrogens is 3. The fraction of sp³-hybridized carbons (Fsp3) is 0. The molecule has 0 saturated heterocycles. The Kier molecular flexibility index (Phi) is 6.56. The van der Waals surface area contributed by atoms with E-state index in [1.165, 1.54) is 32.3 Å². The highest BCUT2D eigenvalue weighted by molar-refractivity contribution is 6.20. The van der Waals surface area contributed by atoms with Crippen LogP contribution in [0.3, 0.4) is 0 Å². The highest BCUT2D eigenvalue weighted by Gasteiger charge is 2.22. The number of hydrogen-bond acceptors (Lipinski definition) is 5. The third kappa shape index (κ3) is 4.58. The van der Waals surface area contributed by atoms with Crippen LogP contribution in [0.5, 0.6) is 0 Å². The lowest BCUT2D eigenvalue weighted by Crippen LogP contribution is -2.01. The van der Waals surface area contributed by atoms with Crippen LogP contribution in [0.2, 0.25) is 0 Å². The first-order chi connectivity index (χ1) is 27.8. The predicted octanol–water partition coefficient (Wildman–Crippen LogP) is 13.8. The van der Waals surface area contributed by atoms with Crippen LogP contribution in [0.1, 0.15) is 0 Å². The van der Waals surface area contributed by atoms with Crippen LogP contribution in [0.25, 0.3) is 121 Å². The molecule has 0 radical (unpaired) electrons. The molecule has 0 spiro atoms. The minimum atomic E-state index is 0.567. The Bertz CT molecular complexity index is 3430. The Morgan fingerprint density at radius 1 is 0.250 bits per heavy atom. The van der Waals surface area contributed by atoms with E-state index in [4.69, 9.17) is 23.8 Å². The molecule has 12 aromatic rings. The number of rotatable bonds is 4. The van der Waals surface area contributed by atoms with Crippen LogP contribution < -0.4 is 0 Å². The molecular weight excluding hydrogens is 687 g/mol. The second kappa shape index (κ2) is 11.9. The van der Waals surface area contributed by atoms with E-state index in [1.54, 1.807) is 0 Å². The van der Waals surface area contributed by atoms with Gasteiger partial charge in [0.25, 0.3) is 0 Å². The molecule has 0 aliphatic carbocycles. The number of furan rings is 2. The van der Waals surface area contributed by atoms with E-state index in [-0.39, 0.29) is 0 Å². The van der Waals surface area contributed by atoms with E-state index in [9.17, 15) is 0 Å². The van der Waals surface area contributed by atoms with Crippen LogP contribution in [-0.4, -0.2) is 15.0 Å². The van der Waals surface area contributed by atoms with Gasteiger partial charge in [0, 0.05) is 38.2 Å². The van der Waals surface area contributed by atoms with Crippen molar-refractivity contribution in [1.29, 1.82) is 0 Å². The molecule has 12 rings (SSSR count). The number of benzene rings is 9. The zero-order valence-electron chi connectivity index (χ0n) is 29.9. The summed E-state index contributed by atoms with van der Waals surface area (Å²) in [4.78, 5) is 15.9. The van der Waals surface area contributed by atoms with Gasteiger partial charge in [0.2, 0.25) is 0 Å². The van der Waals surface area contributed by atoms with Crippen LogP contribution in [0, 0.1) is 0 Å². The standard InChI is InChI=1S/C51H29N3O2/c1-2-13-31-30(12-1)26-27-36-33-19-9-18-32(37(33)29-28-35(31)36)34-14-3-4-15-38(34)49-52-50(41-20-10-24-45-47(41)39-16-5-7-22-43(39)55-45)54-51(53-49)42-21-11-25-46-48(42)40-17-6-8-23-44(40)56-46/h1-29H. The van der Waals surface area contributed by atoms with E-state index in [1.807, 2.05) is 60.7 Å². The molecule has 0 saturated carbocycles. The van der Waals surface area contributed by atoms with Gasteiger partial charge in [-0.15, -0.1) is 0 Å². The zero-order valence-corrected chi connectivity index (χ0v) is 29.9. The van der Waals surface area contributed by atoms with Gasteiger partial charge in [-0.1, -0.05) is 152 Å². The van der Waals surface area contributed by atoms with Crippen molar-refractivity contribution in [2.24, 2.45) is 0 Å². The smallest absolute Gasteiger partial charge is 0.164 e. The lowest BCUT2D eigenvalue weighted by molar-refractivity contribution is 0.668. The monoisotopic (exact) mass is 715 g/mol. The maximum absolute atomic E-state index is 6.33. The van der Waals surface area contributed by atoms with Crippen molar-refractivity contribution in [3.63, 3.8) is 0 Å². The van der Waals surface area contributed by atoms with Gasteiger partial charge < -0.3 is 8.83 Å². The van der Waals surface area contributed by atoms with Crippen molar-refractivity contribution >= 4 is 76.2 Å². The van der Waals surface area contributed by atoms with Crippen molar-refractivity contribution in [1.82, 2.24) is 15.0 Å². The van der Waals surface area contributed by atoms with Gasteiger partial charge in [0.15, 0.2) is 17.5 Å². The van der Waals surface area contributed by atoms with E-state index in [0.717, 1.165) is 71.7 Å². The number of nitrogens with zero attached hydrogens (tertiary/aromatic N) is 3. The maximum Gasteiger partial charge on any atom is 0.164 e. The lowest BCUT2D eigenvalue weighted by atomic mass is 9.91. The van der Waals surface area contributed by atoms with Crippen molar-refractivity contribution < 1.29 is 8.83 Å². The summed E-state index contributed by atoms with van der Waals surface area (Å²) in [5.41, 5.74) is 8.03. The first-order valence-corrected chi connectivity index (χ1v) is 18.8. The van der Waals surface area contributed by atoms with Crippen molar-refractivity contribution in [3.8, 4) is 45.3 Å². The molecule has 0 bridgehead atoms. The van der Waals surface area contributed by atoms with E-state index < -0.39 is 0 Å². The molecule has 260 valence electrons. The van der Waals surface area contributed by atoms with Gasteiger partial charge >= 0.3 is 0 Å². The Morgan fingerprint density at radius 2 is 0.661 bits per heavy atom. The highest BCUT2D eigenvalue weighted by Crippen LogP contribution is 2.42. The largest absolute Gasteiger partial charge is 0.456 e. The van der Waals surface area contributed by atoms with E-state index in [2.05, 4.69) is 115 Å². The summed E-state index contributed by atoms with van der Waals surface area (Å²) in [5, 5.41) is 11.3. The Balaban J connectivity index is 1.13. The SMILES string of the molecule is c1ccc(-c2cccc3c2ccc2c4ccccc4ccc32)c(-c2nc(-c3cccc4oc5ccccc5c34)nc(-c3cccc4oc5ccccc5c34)n2)c1. The van der Waals surface area contributed by atoms with Crippen molar-refractivity contribution in [2.45, 2.75) is 0 Å². The van der Waals surface area contributed by atoms with Gasteiger partial charge in [0.1, 0.15) is 22.3 Å². The first kappa shape index (κ1) is 30.8. The lowest BCUT2D eigenvalue weighted by Gasteiger charge is -2.15. The summed E-state index contributed by atoms with van der Waals surface area (Å²) in [6.45, 7) is 0. The zero-order chi connectivity index (χ0) is 36.7. The summed E-state index contributed by atoms with van der Waals surface area (Å²) in [7, 11) is 0. The normalized spacial score (nSPS) is 11.9. The highest BCUT2D eigenvalue weighted by atomic mass is 16.3. The third-order valence-corrected chi connectivity index (χ3v) is 11.2. The molecule has 0 N–H and O–H groups in total. The molecule has 9 aromatic carbocycles. The Labute approximate surface area is 320 Å². The number of fused-ring (bicyclic) bond motifs is 11. The topological polar surface area (TPSA) is 65.0 Å². The molecule has 3 heterocycles. The average molecular weight is 716 g/mol. The minimum Gasteiger partial charge on any atom is -0.456 e. The molecule has 0 unspecified atom stereocenters. The Morgan fingerprint density at radius 3 is 1.34 bits per heavy atom. The third-order valence-electron chi connectivity index (χ3n) is 11.2. The molecule has 0 atom stereocenters. The fourth-order valence-corrected chi connectivity index (χ4v) is 8.66. The molecule has 0 amide bonds. The summed E-state index contributed by atoms with van der Waals surface area (Å²) >= 11 is 0. The van der Waals surface area contributed by atoms with Crippen molar-refractivity contribution in [3.05, 3.63) is 176 Å². The summed E-state index contributed by atoms with van der Waals surface area (Å²) in [6.07, 6.45) is 0. The Hall–Kier alpha value is -7.63. The molecule has 0 fully saturated rings. The van der Waals surface area contributed by atoms with Crippen LogP contribution in [0.15, 0.2) is 185 Å². The van der Waals surface area contributed by atoms with Crippen LogP contribution in [0.4, 0.5) is 0 Å². The molecule has 3 aromatic heterocycles. The second-order valence-corrected chi connectivity index (χ2v) is 14.3. The van der Waals surface area contributed by atoms with E-state index >= 15 is 0 Å². The maximum atomic E-state index is 6.33. The average Bonchev–Trinajstić information content (AvgIpc) is 3.84. The fourth-order valence-electron chi connectivity index (χ4n) is 8.66. The van der Waals surface area contributed by atoms with Gasteiger partial charge in [-0.2, -0.15) is 0 Å². The second-order valence-electron chi connectivity index (χ2n) is 14.3. The van der Waals surface area contributed by atoms with Crippen molar-refractivity contribution in [2.75, 3.05) is 0 Å². The number of hydrogen-bond donors (Lipinski definition) is 0. The molecular formula is C51H29N3O2. The quantitative estimate of drug-likeness (QED) is 0.170. The molecule has 56 heavy (non-hydrogen) atoms. The first-order valence-electron chi connectivity index (χ1n) is 18.8.